The van der Waals surface area contributed by atoms with Gasteiger partial charge in [-0.25, -0.2) is 0 Å². The molecule has 2 aliphatic carbocycles. The van der Waals surface area contributed by atoms with Crippen LogP contribution in [0.4, 0.5) is 0 Å². The van der Waals surface area contributed by atoms with Crippen molar-refractivity contribution in [1.29, 1.82) is 0 Å². The van der Waals surface area contributed by atoms with Gasteiger partial charge in [0.2, 0.25) is 5.91 Å². The number of hydrogen-bond acceptors (Lipinski definition) is 2. The van der Waals surface area contributed by atoms with Crippen LogP contribution in [0.25, 0.3) is 0 Å². The van der Waals surface area contributed by atoms with Crippen LogP contribution in [-0.4, -0.2) is 35.1 Å². The van der Waals surface area contributed by atoms with Crippen molar-refractivity contribution in [1.82, 2.24) is 10.2 Å². The summed E-state index contributed by atoms with van der Waals surface area (Å²) >= 11 is 5.53. The molecule has 3 aliphatic rings. The first kappa shape index (κ1) is 13.2. The smallest absolute Gasteiger partial charge is 0.220 e. The summed E-state index contributed by atoms with van der Waals surface area (Å²) in [6, 6.07) is 0.597. The van der Waals surface area contributed by atoms with E-state index in [2.05, 4.69) is 10.2 Å². The van der Waals surface area contributed by atoms with Gasteiger partial charge in [0.05, 0.1) is 0 Å². The number of carbonyl (C=O) groups is 1. The van der Waals surface area contributed by atoms with Crippen molar-refractivity contribution in [2.75, 3.05) is 13.1 Å². The second kappa shape index (κ2) is 5.27. The van der Waals surface area contributed by atoms with Crippen molar-refractivity contribution < 1.29 is 4.79 Å². The van der Waals surface area contributed by atoms with Crippen LogP contribution < -0.4 is 11.1 Å². The van der Waals surface area contributed by atoms with E-state index in [9.17, 15) is 4.79 Å². The molecule has 0 aromatic heterocycles. The molecule has 0 aromatic rings. The van der Waals surface area contributed by atoms with Gasteiger partial charge in [-0.3, -0.25) is 4.79 Å². The molecule has 19 heavy (non-hydrogen) atoms. The van der Waals surface area contributed by atoms with Gasteiger partial charge < -0.3 is 16.0 Å². The Kier molecular flexibility index (Phi) is 3.65. The number of fused-ring (bicyclic) bond motifs is 2. The average molecular weight is 281 g/mol. The van der Waals surface area contributed by atoms with Crippen molar-refractivity contribution in [2.24, 2.45) is 23.5 Å². The lowest BCUT2D eigenvalue weighted by atomic mass is 9.95. The molecule has 1 heterocycles. The number of primary amides is 1. The highest BCUT2D eigenvalue weighted by atomic mass is 32.1. The molecule has 3 N–H and O–H groups in total. The maximum atomic E-state index is 11.2. The number of likely N-dealkylation sites (tertiary alicyclic amines) is 1. The number of nitrogens with one attached hydrogen (secondary N) is 1. The van der Waals surface area contributed by atoms with Crippen LogP contribution >= 0.6 is 12.2 Å². The SMILES string of the molecule is NC(=O)C1CCN(C(=S)N[C@@H]2C[C@H]3CC[C@H]2C3)CC1. The molecule has 1 saturated heterocycles. The maximum absolute atomic E-state index is 11.2. The van der Waals surface area contributed by atoms with Gasteiger partial charge in [0.1, 0.15) is 0 Å². The monoisotopic (exact) mass is 281 g/mol. The fourth-order valence-corrected chi connectivity index (χ4v) is 4.37. The highest BCUT2D eigenvalue weighted by molar-refractivity contribution is 7.80. The van der Waals surface area contributed by atoms with Crippen LogP contribution in [-0.2, 0) is 4.79 Å². The van der Waals surface area contributed by atoms with Gasteiger partial charge in [0, 0.05) is 25.0 Å². The van der Waals surface area contributed by atoms with E-state index in [-0.39, 0.29) is 11.8 Å². The van der Waals surface area contributed by atoms with Gasteiger partial charge in [-0.2, -0.15) is 0 Å². The minimum absolute atomic E-state index is 0.0431. The summed E-state index contributed by atoms with van der Waals surface area (Å²) in [5.41, 5.74) is 5.36. The second-order valence-electron chi connectivity index (χ2n) is 6.39. The van der Waals surface area contributed by atoms with Gasteiger partial charge in [-0.1, -0.05) is 6.42 Å². The fourth-order valence-electron chi connectivity index (χ4n) is 4.04. The molecule has 0 unspecified atom stereocenters. The zero-order chi connectivity index (χ0) is 13.4. The molecule has 0 spiro atoms. The van der Waals surface area contributed by atoms with Crippen LogP contribution in [0, 0.1) is 17.8 Å². The van der Waals surface area contributed by atoms with Gasteiger partial charge in [-0.15, -0.1) is 0 Å². The molecule has 0 aromatic carbocycles. The highest BCUT2D eigenvalue weighted by Gasteiger charge is 2.40. The first-order valence-corrected chi connectivity index (χ1v) is 7.89. The molecule has 106 valence electrons. The standard InChI is InChI=1S/C14H23N3OS/c15-13(18)10-3-5-17(6-4-10)14(19)16-12-8-9-1-2-11(12)7-9/h9-12H,1-8H2,(H2,15,18)(H,16,19)/t9-,11-,12+/m0/s1. The van der Waals surface area contributed by atoms with Crippen molar-refractivity contribution >= 4 is 23.2 Å². The molecule has 3 fully saturated rings. The Morgan fingerprint density at radius 1 is 1.16 bits per heavy atom. The number of nitrogens with zero attached hydrogens (tertiary/aromatic N) is 1. The third-order valence-corrected chi connectivity index (χ3v) is 5.61. The number of amides is 1. The maximum Gasteiger partial charge on any atom is 0.220 e. The summed E-state index contributed by atoms with van der Waals surface area (Å²) in [7, 11) is 0. The predicted octanol–water partition coefficient (Wildman–Crippen LogP) is 1.25. The van der Waals surface area contributed by atoms with Crippen LogP contribution in [0.1, 0.15) is 38.5 Å². The normalized spacial score (nSPS) is 34.5. The molecule has 4 nitrogen and oxygen atoms in total. The van der Waals surface area contributed by atoms with E-state index in [1.807, 2.05) is 0 Å². The number of rotatable bonds is 2. The predicted molar refractivity (Wildman–Crippen MR) is 78.5 cm³/mol. The van der Waals surface area contributed by atoms with Gasteiger partial charge in [0.15, 0.2) is 5.11 Å². The second-order valence-corrected chi connectivity index (χ2v) is 6.78. The molecule has 3 atom stereocenters. The molecule has 1 amide bonds. The molecule has 0 radical (unpaired) electrons. The minimum atomic E-state index is -0.161. The summed E-state index contributed by atoms with van der Waals surface area (Å²) in [6.07, 6.45) is 7.16. The van der Waals surface area contributed by atoms with Crippen molar-refractivity contribution in [3.8, 4) is 0 Å². The summed E-state index contributed by atoms with van der Waals surface area (Å²) in [5.74, 6) is 1.66. The van der Waals surface area contributed by atoms with Crippen molar-refractivity contribution in [3.63, 3.8) is 0 Å². The van der Waals surface area contributed by atoms with Crippen LogP contribution in [0.2, 0.25) is 0 Å². The first-order valence-electron chi connectivity index (χ1n) is 7.48. The Hall–Kier alpha value is -0.840. The molecule has 1 aliphatic heterocycles. The summed E-state index contributed by atoms with van der Waals surface area (Å²) in [5, 5.41) is 4.45. The number of thiocarbonyl (C=S) groups is 1. The summed E-state index contributed by atoms with van der Waals surface area (Å²) in [6.45, 7) is 1.72. The molecule has 3 rings (SSSR count). The van der Waals surface area contributed by atoms with Crippen LogP contribution in [0.5, 0.6) is 0 Å². The number of hydrogen-bond donors (Lipinski definition) is 2. The van der Waals surface area contributed by atoms with Crippen LogP contribution in [0.15, 0.2) is 0 Å². The Morgan fingerprint density at radius 3 is 2.42 bits per heavy atom. The zero-order valence-corrected chi connectivity index (χ0v) is 12.1. The van der Waals surface area contributed by atoms with E-state index >= 15 is 0 Å². The fraction of sp³-hybridized carbons (Fsp3) is 0.857. The lowest BCUT2D eigenvalue weighted by molar-refractivity contribution is -0.122. The molecule has 2 bridgehead atoms. The van der Waals surface area contributed by atoms with Crippen LogP contribution in [0.3, 0.4) is 0 Å². The molecule has 2 saturated carbocycles. The van der Waals surface area contributed by atoms with E-state index in [0.29, 0.717) is 6.04 Å². The molecule has 5 heteroatoms. The van der Waals surface area contributed by atoms with E-state index in [4.69, 9.17) is 18.0 Å². The topological polar surface area (TPSA) is 58.4 Å². The highest BCUT2D eigenvalue weighted by Crippen LogP contribution is 2.44. The van der Waals surface area contributed by atoms with Gasteiger partial charge in [0.25, 0.3) is 0 Å². The number of piperidine rings is 1. The van der Waals surface area contributed by atoms with E-state index < -0.39 is 0 Å². The average Bonchev–Trinajstić information content (AvgIpc) is 3.01. The first-order chi connectivity index (χ1) is 9.13. The molecular weight excluding hydrogens is 258 g/mol. The quantitative estimate of drug-likeness (QED) is 0.748. The van der Waals surface area contributed by atoms with Crippen molar-refractivity contribution in [3.05, 3.63) is 0 Å². The minimum Gasteiger partial charge on any atom is -0.369 e. The Labute approximate surface area is 120 Å². The van der Waals surface area contributed by atoms with Gasteiger partial charge in [-0.05, 0) is 56.2 Å². The number of carbonyl (C=O) groups excluding carboxylic acids is 1. The van der Waals surface area contributed by atoms with Crippen molar-refractivity contribution in [2.45, 2.75) is 44.6 Å². The Bertz CT molecular complexity index is 379. The lowest BCUT2D eigenvalue weighted by Crippen LogP contribution is -2.50. The third-order valence-electron chi connectivity index (χ3n) is 5.23. The lowest BCUT2D eigenvalue weighted by Gasteiger charge is -2.35. The largest absolute Gasteiger partial charge is 0.369 e. The molecular formula is C14H23N3OS. The zero-order valence-electron chi connectivity index (χ0n) is 11.3. The summed E-state index contributed by atoms with van der Waals surface area (Å²) in [4.78, 5) is 13.4. The van der Waals surface area contributed by atoms with E-state index in [0.717, 1.165) is 42.9 Å². The van der Waals surface area contributed by atoms with E-state index in [1.54, 1.807) is 0 Å². The third kappa shape index (κ3) is 2.71. The Morgan fingerprint density at radius 2 is 1.89 bits per heavy atom. The Balaban J connectivity index is 1.48. The number of nitrogens with two attached hydrogens (primary N) is 1. The van der Waals surface area contributed by atoms with E-state index in [1.165, 1.54) is 25.7 Å². The van der Waals surface area contributed by atoms with Gasteiger partial charge >= 0.3 is 0 Å². The summed E-state index contributed by atoms with van der Waals surface area (Å²) < 4.78 is 0.